The average molecular weight is 224 g/mol. The predicted molar refractivity (Wildman–Crippen MR) is 58.9 cm³/mol. The molecule has 1 atom stereocenters. The summed E-state index contributed by atoms with van der Waals surface area (Å²) in [6.45, 7) is 2.82. The highest BCUT2D eigenvalue weighted by molar-refractivity contribution is 5.67. The van der Waals surface area contributed by atoms with Crippen molar-refractivity contribution in [3.8, 4) is 0 Å². The van der Waals surface area contributed by atoms with Crippen LogP contribution < -0.4 is 5.32 Å². The Morgan fingerprint density at radius 3 is 3.00 bits per heavy atom. The van der Waals surface area contributed by atoms with Gasteiger partial charge in [-0.25, -0.2) is 0 Å². The van der Waals surface area contributed by atoms with Gasteiger partial charge in [0.2, 0.25) is 0 Å². The van der Waals surface area contributed by atoms with Crippen LogP contribution >= 0.6 is 0 Å². The first-order chi connectivity index (χ1) is 7.59. The zero-order chi connectivity index (χ0) is 12.0. The molecule has 0 bridgehead atoms. The van der Waals surface area contributed by atoms with Crippen molar-refractivity contribution in [2.24, 2.45) is 0 Å². The molecule has 0 saturated heterocycles. The Morgan fingerprint density at radius 1 is 1.62 bits per heavy atom. The fourth-order valence-corrected chi connectivity index (χ4v) is 1.33. The van der Waals surface area contributed by atoms with Crippen LogP contribution in [0.4, 0.5) is 0 Å². The number of aromatic nitrogens is 1. The fraction of sp³-hybridized carbons (Fsp3) is 0.455. The van der Waals surface area contributed by atoms with E-state index in [-0.39, 0.29) is 13.0 Å². The Hall–Kier alpha value is -1.46. The quantitative estimate of drug-likeness (QED) is 0.648. The standard InChI is InChI=1S/C11H16N2O3/c1-8-2-3-12-5-9(8)6-13-7-10(14)4-11(15)16/h2-3,5,10,13-14H,4,6-7H2,1H3,(H,15,16). The van der Waals surface area contributed by atoms with Crippen LogP contribution in [0.25, 0.3) is 0 Å². The van der Waals surface area contributed by atoms with Crippen molar-refractivity contribution in [2.75, 3.05) is 6.54 Å². The summed E-state index contributed by atoms with van der Waals surface area (Å²) in [6.07, 6.45) is 2.39. The van der Waals surface area contributed by atoms with Crippen molar-refractivity contribution >= 4 is 5.97 Å². The number of hydrogen-bond acceptors (Lipinski definition) is 4. The normalized spacial score (nSPS) is 12.4. The molecule has 5 nitrogen and oxygen atoms in total. The number of aliphatic hydroxyl groups excluding tert-OH is 1. The predicted octanol–water partition coefficient (Wildman–Crippen LogP) is 0.315. The highest BCUT2D eigenvalue weighted by Crippen LogP contribution is 2.03. The maximum absolute atomic E-state index is 10.3. The summed E-state index contributed by atoms with van der Waals surface area (Å²) in [4.78, 5) is 14.3. The molecule has 1 aromatic rings. The topological polar surface area (TPSA) is 82.5 Å². The van der Waals surface area contributed by atoms with E-state index < -0.39 is 12.1 Å². The van der Waals surface area contributed by atoms with Crippen LogP contribution in [0.15, 0.2) is 18.5 Å². The SMILES string of the molecule is Cc1ccncc1CNCC(O)CC(=O)O. The second-order valence-corrected chi connectivity index (χ2v) is 3.68. The van der Waals surface area contributed by atoms with Crippen molar-refractivity contribution in [3.05, 3.63) is 29.6 Å². The highest BCUT2D eigenvalue weighted by Gasteiger charge is 2.08. The van der Waals surface area contributed by atoms with Crippen LogP contribution in [0.1, 0.15) is 17.5 Å². The van der Waals surface area contributed by atoms with Gasteiger partial charge in [0.05, 0.1) is 12.5 Å². The molecule has 1 aromatic heterocycles. The Morgan fingerprint density at radius 2 is 2.38 bits per heavy atom. The third-order valence-corrected chi connectivity index (χ3v) is 2.25. The van der Waals surface area contributed by atoms with Crippen molar-refractivity contribution in [2.45, 2.75) is 26.0 Å². The molecular weight excluding hydrogens is 208 g/mol. The number of carboxylic acid groups (broad SMARTS) is 1. The van der Waals surface area contributed by atoms with E-state index in [2.05, 4.69) is 10.3 Å². The van der Waals surface area contributed by atoms with Crippen molar-refractivity contribution < 1.29 is 15.0 Å². The molecule has 1 rings (SSSR count). The summed E-state index contributed by atoms with van der Waals surface area (Å²) >= 11 is 0. The van der Waals surface area contributed by atoms with Crippen LogP contribution in [0.5, 0.6) is 0 Å². The van der Waals surface area contributed by atoms with Gasteiger partial charge in [0.25, 0.3) is 0 Å². The summed E-state index contributed by atoms with van der Waals surface area (Å²) in [5, 5.41) is 20.7. The van der Waals surface area contributed by atoms with E-state index in [0.717, 1.165) is 11.1 Å². The Balaban J connectivity index is 2.30. The van der Waals surface area contributed by atoms with Gasteiger partial charge in [-0.1, -0.05) is 0 Å². The minimum Gasteiger partial charge on any atom is -0.481 e. The Bertz CT molecular complexity index is 355. The molecule has 0 amide bonds. The van der Waals surface area contributed by atoms with E-state index in [0.29, 0.717) is 6.54 Å². The van der Waals surface area contributed by atoms with E-state index in [1.54, 1.807) is 12.4 Å². The van der Waals surface area contributed by atoms with Gasteiger partial charge in [0.15, 0.2) is 0 Å². The fourth-order valence-electron chi connectivity index (χ4n) is 1.33. The van der Waals surface area contributed by atoms with E-state index in [1.807, 2.05) is 13.0 Å². The molecule has 16 heavy (non-hydrogen) atoms. The van der Waals surface area contributed by atoms with Gasteiger partial charge in [-0.2, -0.15) is 0 Å². The van der Waals surface area contributed by atoms with E-state index in [4.69, 9.17) is 5.11 Å². The molecule has 0 spiro atoms. The Kier molecular flexibility index (Phi) is 4.88. The summed E-state index contributed by atoms with van der Waals surface area (Å²) in [7, 11) is 0. The first kappa shape index (κ1) is 12.6. The molecule has 0 aromatic carbocycles. The third-order valence-electron chi connectivity index (χ3n) is 2.25. The number of rotatable bonds is 6. The van der Waals surface area contributed by atoms with Crippen LogP contribution in [-0.4, -0.2) is 33.8 Å². The monoisotopic (exact) mass is 224 g/mol. The number of aryl methyl sites for hydroxylation is 1. The Labute approximate surface area is 94.1 Å². The molecule has 0 fully saturated rings. The van der Waals surface area contributed by atoms with Crippen molar-refractivity contribution in [1.82, 2.24) is 10.3 Å². The van der Waals surface area contributed by atoms with Gasteiger partial charge in [0, 0.05) is 25.5 Å². The maximum atomic E-state index is 10.3. The molecular formula is C11H16N2O3. The number of carbonyl (C=O) groups is 1. The van der Waals surface area contributed by atoms with Crippen LogP contribution in [-0.2, 0) is 11.3 Å². The van der Waals surface area contributed by atoms with E-state index in [1.165, 1.54) is 0 Å². The molecule has 0 radical (unpaired) electrons. The van der Waals surface area contributed by atoms with Gasteiger partial charge in [-0.3, -0.25) is 9.78 Å². The number of aliphatic carboxylic acids is 1. The van der Waals surface area contributed by atoms with Crippen molar-refractivity contribution in [3.63, 3.8) is 0 Å². The summed E-state index contributed by atoms with van der Waals surface area (Å²) in [5.41, 5.74) is 2.17. The number of aliphatic hydroxyl groups is 1. The second-order valence-electron chi connectivity index (χ2n) is 3.68. The van der Waals surface area contributed by atoms with Gasteiger partial charge in [-0.05, 0) is 24.1 Å². The smallest absolute Gasteiger partial charge is 0.306 e. The lowest BCUT2D eigenvalue weighted by atomic mass is 10.1. The zero-order valence-corrected chi connectivity index (χ0v) is 9.18. The molecule has 0 aliphatic rings. The molecule has 88 valence electrons. The summed E-state index contributed by atoms with van der Waals surface area (Å²) in [6, 6.07) is 1.91. The largest absolute Gasteiger partial charge is 0.481 e. The molecule has 0 aliphatic heterocycles. The van der Waals surface area contributed by atoms with E-state index in [9.17, 15) is 9.90 Å². The van der Waals surface area contributed by atoms with Gasteiger partial charge in [0.1, 0.15) is 0 Å². The molecule has 0 aliphatic carbocycles. The average Bonchev–Trinajstić information content (AvgIpc) is 2.19. The first-order valence-electron chi connectivity index (χ1n) is 5.09. The van der Waals surface area contributed by atoms with E-state index >= 15 is 0 Å². The van der Waals surface area contributed by atoms with Crippen molar-refractivity contribution in [1.29, 1.82) is 0 Å². The molecule has 5 heteroatoms. The maximum Gasteiger partial charge on any atom is 0.306 e. The first-order valence-corrected chi connectivity index (χ1v) is 5.09. The van der Waals surface area contributed by atoms with Crippen LogP contribution in [0.2, 0.25) is 0 Å². The van der Waals surface area contributed by atoms with Gasteiger partial charge < -0.3 is 15.5 Å². The summed E-state index contributed by atoms with van der Waals surface area (Å²) in [5.74, 6) is -0.994. The van der Waals surface area contributed by atoms with Gasteiger partial charge in [-0.15, -0.1) is 0 Å². The number of nitrogens with one attached hydrogen (secondary N) is 1. The second kappa shape index (κ2) is 6.19. The summed E-state index contributed by atoms with van der Waals surface area (Å²) < 4.78 is 0. The molecule has 1 unspecified atom stereocenters. The highest BCUT2D eigenvalue weighted by atomic mass is 16.4. The molecule has 0 saturated carbocycles. The number of pyridine rings is 1. The van der Waals surface area contributed by atoms with Crippen LogP contribution in [0.3, 0.4) is 0 Å². The lowest BCUT2D eigenvalue weighted by Crippen LogP contribution is -2.28. The number of carboxylic acids is 1. The minimum atomic E-state index is -0.994. The zero-order valence-electron chi connectivity index (χ0n) is 9.18. The molecule has 1 heterocycles. The molecule has 3 N–H and O–H groups in total. The number of hydrogen-bond donors (Lipinski definition) is 3. The third kappa shape index (κ3) is 4.37. The van der Waals surface area contributed by atoms with Gasteiger partial charge >= 0.3 is 5.97 Å². The number of nitrogens with zero attached hydrogens (tertiary/aromatic N) is 1. The minimum absolute atomic E-state index is 0.237. The van der Waals surface area contributed by atoms with Crippen LogP contribution in [0, 0.1) is 6.92 Å². The lowest BCUT2D eigenvalue weighted by Gasteiger charge is -2.10. The lowest BCUT2D eigenvalue weighted by molar-refractivity contribution is -0.139.